The Balaban J connectivity index is 1.95. The molecule has 3 rings (SSSR count). The van der Waals surface area contributed by atoms with Crippen molar-refractivity contribution in [3.8, 4) is 11.5 Å². The Morgan fingerprint density at radius 1 is 1.30 bits per heavy atom. The Labute approximate surface area is 120 Å². The molecule has 2 heterocycles. The van der Waals surface area contributed by atoms with Crippen LogP contribution in [0.1, 0.15) is 11.6 Å². The summed E-state index contributed by atoms with van der Waals surface area (Å²) in [5, 5.41) is 9.89. The second kappa shape index (κ2) is 5.47. The quantitative estimate of drug-likeness (QED) is 0.913. The number of nitrogens with zero attached hydrogens (tertiary/aromatic N) is 1. The Bertz CT molecular complexity index is 530. The fourth-order valence-corrected chi connectivity index (χ4v) is 2.76. The molecule has 2 aliphatic heterocycles. The van der Waals surface area contributed by atoms with E-state index in [2.05, 4.69) is 0 Å². The van der Waals surface area contributed by atoms with E-state index in [1.165, 1.54) is 0 Å². The van der Waals surface area contributed by atoms with Crippen molar-refractivity contribution in [2.45, 2.75) is 6.04 Å². The average molecular weight is 300 g/mol. The number of benzene rings is 1. The van der Waals surface area contributed by atoms with Crippen LogP contribution in [0.3, 0.4) is 0 Å². The standard InChI is InChI=1S/C13H14ClNO5/c14-9-5-8(6-10-12(9)20-7-19-10)11(13(16)17)15-1-3-18-4-2-15/h5-6,11H,1-4,7H2,(H,16,17). The molecule has 1 aromatic carbocycles. The van der Waals surface area contributed by atoms with Crippen molar-refractivity contribution < 1.29 is 24.1 Å². The van der Waals surface area contributed by atoms with Gasteiger partial charge in [0, 0.05) is 13.1 Å². The number of fused-ring (bicyclic) bond motifs is 1. The molecule has 0 saturated carbocycles. The molecule has 0 aromatic heterocycles. The van der Waals surface area contributed by atoms with Gasteiger partial charge < -0.3 is 19.3 Å². The maximum atomic E-state index is 11.6. The van der Waals surface area contributed by atoms with Crippen LogP contribution >= 0.6 is 11.6 Å². The normalized spacial score (nSPS) is 19.9. The van der Waals surface area contributed by atoms with Gasteiger partial charge in [-0.2, -0.15) is 0 Å². The number of carboxylic acid groups (broad SMARTS) is 1. The van der Waals surface area contributed by atoms with Crippen LogP contribution in [0.15, 0.2) is 12.1 Å². The summed E-state index contributed by atoms with van der Waals surface area (Å²) in [5.74, 6) is 0.0513. The number of ether oxygens (including phenoxy) is 3. The van der Waals surface area contributed by atoms with Crippen molar-refractivity contribution in [2.24, 2.45) is 0 Å². The molecule has 0 bridgehead atoms. The molecule has 20 heavy (non-hydrogen) atoms. The highest BCUT2D eigenvalue weighted by atomic mass is 35.5. The third-order valence-electron chi connectivity index (χ3n) is 3.41. The number of carbonyl (C=O) groups is 1. The lowest BCUT2D eigenvalue weighted by Crippen LogP contribution is -2.42. The van der Waals surface area contributed by atoms with Gasteiger partial charge >= 0.3 is 5.97 Å². The second-order valence-electron chi connectivity index (χ2n) is 4.63. The molecule has 108 valence electrons. The molecule has 1 fully saturated rings. The lowest BCUT2D eigenvalue weighted by Gasteiger charge is -2.32. The summed E-state index contributed by atoms with van der Waals surface area (Å²) < 4.78 is 15.8. The van der Waals surface area contributed by atoms with Crippen molar-refractivity contribution in [3.63, 3.8) is 0 Å². The lowest BCUT2D eigenvalue weighted by molar-refractivity contribution is -0.145. The molecule has 0 aliphatic carbocycles. The highest BCUT2D eigenvalue weighted by Crippen LogP contribution is 2.41. The summed E-state index contributed by atoms with van der Waals surface area (Å²) in [4.78, 5) is 13.5. The van der Waals surface area contributed by atoms with Crippen LogP contribution in [0.2, 0.25) is 5.02 Å². The SMILES string of the molecule is O=C(O)C(c1cc(Cl)c2c(c1)OCO2)N1CCOCC1. The van der Waals surface area contributed by atoms with Gasteiger partial charge in [-0.05, 0) is 17.7 Å². The van der Waals surface area contributed by atoms with E-state index in [0.29, 0.717) is 48.4 Å². The molecule has 0 spiro atoms. The van der Waals surface area contributed by atoms with Gasteiger partial charge in [0.15, 0.2) is 11.5 Å². The number of carboxylic acids is 1. The molecule has 6 nitrogen and oxygen atoms in total. The van der Waals surface area contributed by atoms with Crippen LogP contribution in [0.4, 0.5) is 0 Å². The number of aliphatic carboxylic acids is 1. The van der Waals surface area contributed by atoms with Crippen LogP contribution in [0, 0.1) is 0 Å². The van der Waals surface area contributed by atoms with E-state index >= 15 is 0 Å². The average Bonchev–Trinajstić information content (AvgIpc) is 2.88. The summed E-state index contributed by atoms with van der Waals surface area (Å²) >= 11 is 6.12. The Hall–Kier alpha value is -1.50. The first-order valence-corrected chi connectivity index (χ1v) is 6.68. The van der Waals surface area contributed by atoms with Crippen LogP contribution in [0.5, 0.6) is 11.5 Å². The minimum Gasteiger partial charge on any atom is -0.480 e. The van der Waals surface area contributed by atoms with Crippen molar-refractivity contribution in [3.05, 3.63) is 22.7 Å². The van der Waals surface area contributed by atoms with Crippen molar-refractivity contribution in [1.82, 2.24) is 4.90 Å². The largest absolute Gasteiger partial charge is 0.480 e. The maximum Gasteiger partial charge on any atom is 0.325 e. The summed E-state index contributed by atoms with van der Waals surface area (Å²) in [7, 11) is 0. The monoisotopic (exact) mass is 299 g/mol. The van der Waals surface area contributed by atoms with E-state index in [1.54, 1.807) is 12.1 Å². The molecule has 2 aliphatic rings. The fourth-order valence-electron chi connectivity index (χ4n) is 2.49. The topological polar surface area (TPSA) is 68.2 Å². The molecule has 0 amide bonds. The number of halogens is 1. The lowest BCUT2D eigenvalue weighted by atomic mass is 10.0. The summed E-state index contributed by atoms with van der Waals surface area (Å²) in [5.41, 5.74) is 0.591. The Morgan fingerprint density at radius 2 is 2.05 bits per heavy atom. The first-order valence-electron chi connectivity index (χ1n) is 6.30. The molecule has 1 aromatic rings. The van der Waals surface area contributed by atoms with Gasteiger partial charge in [0.1, 0.15) is 6.04 Å². The predicted molar refractivity (Wildman–Crippen MR) is 70.3 cm³/mol. The number of rotatable bonds is 3. The molecule has 1 N–H and O–H groups in total. The predicted octanol–water partition coefficient (Wildman–Crippen LogP) is 1.53. The van der Waals surface area contributed by atoms with Crippen molar-refractivity contribution in [1.29, 1.82) is 0 Å². The molecule has 1 unspecified atom stereocenters. The molecule has 1 atom stereocenters. The van der Waals surface area contributed by atoms with Crippen molar-refractivity contribution >= 4 is 17.6 Å². The number of morpholine rings is 1. The highest BCUT2D eigenvalue weighted by molar-refractivity contribution is 6.32. The number of hydrogen-bond acceptors (Lipinski definition) is 5. The van der Waals surface area contributed by atoms with E-state index in [-0.39, 0.29) is 6.79 Å². The van der Waals surface area contributed by atoms with E-state index < -0.39 is 12.0 Å². The third-order valence-corrected chi connectivity index (χ3v) is 3.69. The summed E-state index contributed by atoms with van der Waals surface area (Å²) in [6.07, 6.45) is 0. The van der Waals surface area contributed by atoms with E-state index in [1.807, 2.05) is 4.90 Å². The highest BCUT2D eigenvalue weighted by Gasteiger charge is 2.31. The molecular formula is C13H14ClNO5. The van der Waals surface area contributed by atoms with Crippen LogP contribution in [-0.4, -0.2) is 49.1 Å². The Kier molecular flexibility index (Phi) is 3.69. The molecular weight excluding hydrogens is 286 g/mol. The zero-order chi connectivity index (χ0) is 14.1. The molecule has 0 radical (unpaired) electrons. The van der Waals surface area contributed by atoms with Crippen LogP contribution < -0.4 is 9.47 Å². The van der Waals surface area contributed by atoms with Gasteiger partial charge in [-0.1, -0.05) is 11.6 Å². The number of hydrogen-bond donors (Lipinski definition) is 1. The second-order valence-corrected chi connectivity index (χ2v) is 5.03. The van der Waals surface area contributed by atoms with Crippen molar-refractivity contribution in [2.75, 3.05) is 33.1 Å². The van der Waals surface area contributed by atoms with E-state index in [0.717, 1.165) is 0 Å². The summed E-state index contributed by atoms with van der Waals surface area (Å²) in [6, 6.07) is 2.55. The van der Waals surface area contributed by atoms with Gasteiger partial charge in [0.25, 0.3) is 0 Å². The summed E-state index contributed by atoms with van der Waals surface area (Å²) in [6.45, 7) is 2.31. The third kappa shape index (κ3) is 2.42. The van der Waals surface area contributed by atoms with E-state index in [9.17, 15) is 9.90 Å². The van der Waals surface area contributed by atoms with Gasteiger partial charge in [-0.25, -0.2) is 0 Å². The van der Waals surface area contributed by atoms with Gasteiger partial charge in [0.2, 0.25) is 6.79 Å². The maximum absolute atomic E-state index is 11.6. The van der Waals surface area contributed by atoms with Crippen LogP contribution in [-0.2, 0) is 9.53 Å². The minimum atomic E-state index is -0.915. The smallest absolute Gasteiger partial charge is 0.325 e. The minimum absolute atomic E-state index is 0.105. The van der Waals surface area contributed by atoms with Crippen LogP contribution in [0.25, 0.3) is 0 Å². The van der Waals surface area contributed by atoms with Gasteiger partial charge in [-0.3, -0.25) is 9.69 Å². The Morgan fingerprint density at radius 3 is 2.75 bits per heavy atom. The zero-order valence-electron chi connectivity index (χ0n) is 10.7. The zero-order valence-corrected chi connectivity index (χ0v) is 11.4. The van der Waals surface area contributed by atoms with E-state index in [4.69, 9.17) is 25.8 Å². The first-order chi connectivity index (χ1) is 9.66. The van der Waals surface area contributed by atoms with Gasteiger partial charge in [-0.15, -0.1) is 0 Å². The fraction of sp³-hybridized carbons (Fsp3) is 0.462. The molecule has 1 saturated heterocycles. The first kappa shape index (κ1) is 13.5. The van der Waals surface area contributed by atoms with Gasteiger partial charge in [0.05, 0.1) is 18.2 Å². The molecule has 7 heteroatoms.